The van der Waals surface area contributed by atoms with Gasteiger partial charge in [0.2, 0.25) is 0 Å². The fourth-order valence-corrected chi connectivity index (χ4v) is 4.39. The van der Waals surface area contributed by atoms with Crippen LogP contribution in [-0.2, 0) is 0 Å². The first-order valence-corrected chi connectivity index (χ1v) is 7.58. The van der Waals surface area contributed by atoms with Crippen LogP contribution < -0.4 is 5.32 Å². The minimum absolute atomic E-state index is 0.111. The predicted octanol–water partition coefficient (Wildman–Crippen LogP) is 4.69. The van der Waals surface area contributed by atoms with E-state index in [4.69, 9.17) is 0 Å². The van der Waals surface area contributed by atoms with Crippen LogP contribution in [0.5, 0.6) is 0 Å². The molecule has 104 valence electrons. The maximum absolute atomic E-state index is 13.9. The molecule has 1 N–H and O–H groups in total. The van der Waals surface area contributed by atoms with E-state index in [1.165, 1.54) is 11.3 Å². The van der Waals surface area contributed by atoms with Crippen LogP contribution in [0.25, 0.3) is 9.40 Å². The summed E-state index contributed by atoms with van der Waals surface area (Å²) in [5.74, 6) is -2.96. The van der Waals surface area contributed by atoms with Gasteiger partial charge in [0.05, 0.1) is 6.04 Å². The summed E-state index contributed by atoms with van der Waals surface area (Å²) in [6, 6.07) is 4.95. The van der Waals surface area contributed by atoms with E-state index < -0.39 is 23.5 Å². The number of rotatable bonds is 3. The average molecular weight is 313 g/mol. The maximum atomic E-state index is 13.9. The van der Waals surface area contributed by atoms with E-state index in [1.54, 1.807) is 18.4 Å². The zero-order valence-electron chi connectivity index (χ0n) is 10.4. The van der Waals surface area contributed by atoms with Gasteiger partial charge in [-0.2, -0.15) is 0 Å². The second-order valence-electron chi connectivity index (χ2n) is 4.31. The minimum Gasteiger partial charge on any atom is -0.309 e. The molecule has 0 aliphatic heterocycles. The van der Waals surface area contributed by atoms with Crippen LogP contribution >= 0.6 is 22.7 Å². The Kier molecular flexibility index (Phi) is 3.54. The fourth-order valence-electron chi connectivity index (χ4n) is 2.14. The van der Waals surface area contributed by atoms with Crippen LogP contribution in [0.3, 0.4) is 0 Å². The lowest BCUT2D eigenvalue weighted by Crippen LogP contribution is -2.18. The lowest BCUT2D eigenvalue weighted by atomic mass is 10.0. The summed E-state index contributed by atoms with van der Waals surface area (Å²) in [5, 5.41) is 4.94. The van der Waals surface area contributed by atoms with Gasteiger partial charge in [0.15, 0.2) is 11.6 Å². The molecule has 0 aliphatic carbocycles. The number of hydrogen-bond acceptors (Lipinski definition) is 3. The van der Waals surface area contributed by atoms with Crippen molar-refractivity contribution in [1.29, 1.82) is 0 Å². The molecule has 0 aliphatic rings. The summed E-state index contributed by atoms with van der Waals surface area (Å²) in [7, 11) is 1.67. The third-order valence-corrected chi connectivity index (χ3v) is 5.24. The van der Waals surface area contributed by atoms with Gasteiger partial charge < -0.3 is 5.32 Å². The average Bonchev–Trinajstić information content (AvgIpc) is 2.97. The number of thiophene rings is 2. The van der Waals surface area contributed by atoms with Gasteiger partial charge in [0.25, 0.3) is 0 Å². The van der Waals surface area contributed by atoms with Crippen LogP contribution in [0.15, 0.2) is 29.6 Å². The van der Waals surface area contributed by atoms with Gasteiger partial charge in [-0.3, -0.25) is 0 Å². The second-order valence-corrected chi connectivity index (χ2v) is 6.37. The van der Waals surface area contributed by atoms with Crippen molar-refractivity contribution in [3.8, 4) is 0 Å². The Morgan fingerprint density at radius 1 is 1.00 bits per heavy atom. The second kappa shape index (κ2) is 5.20. The van der Waals surface area contributed by atoms with Crippen LogP contribution in [0.2, 0.25) is 0 Å². The molecule has 0 radical (unpaired) electrons. The van der Waals surface area contributed by atoms with Crippen molar-refractivity contribution in [3.05, 3.63) is 57.5 Å². The summed E-state index contributed by atoms with van der Waals surface area (Å²) in [6.45, 7) is 0. The van der Waals surface area contributed by atoms with E-state index in [-0.39, 0.29) is 5.56 Å². The molecule has 0 saturated carbocycles. The van der Waals surface area contributed by atoms with Gasteiger partial charge in [0.1, 0.15) is 5.82 Å². The molecule has 20 heavy (non-hydrogen) atoms. The van der Waals surface area contributed by atoms with Crippen molar-refractivity contribution in [2.45, 2.75) is 6.04 Å². The fraction of sp³-hybridized carbons (Fsp3) is 0.143. The zero-order valence-corrected chi connectivity index (χ0v) is 12.0. The van der Waals surface area contributed by atoms with E-state index in [0.717, 1.165) is 20.3 Å². The van der Waals surface area contributed by atoms with Crippen molar-refractivity contribution < 1.29 is 13.2 Å². The molecule has 0 bridgehead atoms. The Labute approximate surface area is 121 Å². The lowest BCUT2D eigenvalue weighted by Gasteiger charge is -2.16. The van der Waals surface area contributed by atoms with Gasteiger partial charge in [-0.1, -0.05) is 0 Å². The largest absolute Gasteiger partial charge is 0.309 e. The van der Waals surface area contributed by atoms with Crippen molar-refractivity contribution in [3.63, 3.8) is 0 Å². The topological polar surface area (TPSA) is 12.0 Å². The van der Waals surface area contributed by atoms with E-state index in [2.05, 4.69) is 5.32 Å². The van der Waals surface area contributed by atoms with E-state index in [1.807, 2.05) is 17.5 Å². The first-order valence-electron chi connectivity index (χ1n) is 5.89. The predicted molar refractivity (Wildman–Crippen MR) is 76.9 cm³/mol. The first kappa shape index (κ1) is 13.6. The third kappa shape index (κ3) is 2.24. The zero-order chi connectivity index (χ0) is 14.3. The number of hydrogen-bond donors (Lipinski definition) is 1. The molecule has 1 nitrogen and oxygen atoms in total. The van der Waals surface area contributed by atoms with Gasteiger partial charge in [0, 0.05) is 25.9 Å². The third-order valence-electron chi connectivity index (χ3n) is 3.08. The Morgan fingerprint density at radius 2 is 1.75 bits per heavy atom. The van der Waals surface area contributed by atoms with Gasteiger partial charge in [-0.15, -0.1) is 22.7 Å². The van der Waals surface area contributed by atoms with Crippen LogP contribution in [0.1, 0.15) is 16.5 Å². The van der Waals surface area contributed by atoms with E-state index in [0.29, 0.717) is 6.07 Å². The molecule has 3 rings (SSSR count). The molecule has 2 heterocycles. The molecular weight excluding hydrogens is 303 g/mol. The Morgan fingerprint density at radius 3 is 2.45 bits per heavy atom. The summed E-state index contributed by atoms with van der Waals surface area (Å²) in [6.07, 6.45) is 0. The molecule has 0 fully saturated rings. The minimum atomic E-state index is -1.17. The summed E-state index contributed by atoms with van der Waals surface area (Å²) < 4.78 is 42.5. The lowest BCUT2D eigenvalue weighted by molar-refractivity contribution is 0.484. The molecular formula is C14H10F3NS2. The molecule has 1 unspecified atom stereocenters. The molecule has 0 spiro atoms. The molecule has 1 atom stereocenters. The van der Waals surface area contributed by atoms with Crippen molar-refractivity contribution in [1.82, 2.24) is 5.32 Å². The number of nitrogens with one attached hydrogen (secondary N) is 1. The highest BCUT2D eigenvalue weighted by Gasteiger charge is 2.21. The highest BCUT2D eigenvalue weighted by molar-refractivity contribution is 7.27. The quantitative estimate of drug-likeness (QED) is 0.692. The summed E-state index contributed by atoms with van der Waals surface area (Å²) in [5.41, 5.74) is 0.111. The summed E-state index contributed by atoms with van der Waals surface area (Å²) >= 11 is 3.11. The molecule has 1 aromatic carbocycles. The standard InChI is InChI=1S/C14H10F3NS2/c1-18-14(7-4-9(16)10(17)5-8(7)15)13-6-12-11(20-13)2-3-19-12/h2-6,14,18H,1H3. The maximum Gasteiger partial charge on any atom is 0.161 e. The Bertz CT molecular complexity index is 734. The monoisotopic (exact) mass is 313 g/mol. The van der Waals surface area contributed by atoms with Crippen molar-refractivity contribution in [2.75, 3.05) is 7.05 Å². The smallest absolute Gasteiger partial charge is 0.161 e. The highest BCUT2D eigenvalue weighted by Crippen LogP contribution is 2.36. The SMILES string of the molecule is CNC(c1cc2sccc2s1)c1cc(F)c(F)cc1F. The van der Waals surface area contributed by atoms with Gasteiger partial charge >= 0.3 is 0 Å². The Hall–Kier alpha value is -1.37. The Balaban J connectivity index is 2.09. The normalized spacial score (nSPS) is 13.0. The van der Waals surface area contributed by atoms with E-state index in [9.17, 15) is 13.2 Å². The number of halogens is 3. The van der Waals surface area contributed by atoms with E-state index >= 15 is 0 Å². The van der Waals surface area contributed by atoms with Crippen LogP contribution in [0, 0.1) is 17.5 Å². The molecule has 6 heteroatoms. The molecule has 0 amide bonds. The van der Waals surface area contributed by atoms with Crippen LogP contribution in [0.4, 0.5) is 13.2 Å². The van der Waals surface area contributed by atoms with Crippen molar-refractivity contribution >= 4 is 32.1 Å². The van der Waals surface area contributed by atoms with Gasteiger partial charge in [-0.25, -0.2) is 13.2 Å². The molecule has 3 aromatic rings. The van der Waals surface area contributed by atoms with Crippen molar-refractivity contribution in [2.24, 2.45) is 0 Å². The first-order chi connectivity index (χ1) is 9.60. The molecule has 2 aromatic heterocycles. The molecule has 0 saturated heterocycles. The number of fused-ring (bicyclic) bond motifs is 1. The highest BCUT2D eigenvalue weighted by atomic mass is 32.1. The van der Waals surface area contributed by atoms with Gasteiger partial charge in [-0.05, 0) is 30.6 Å². The number of benzene rings is 1. The summed E-state index contributed by atoms with van der Waals surface area (Å²) in [4.78, 5) is 0.874. The van der Waals surface area contributed by atoms with Crippen LogP contribution in [-0.4, -0.2) is 7.05 Å².